The van der Waals surface area contributed by atoms with Crippen LogP contribution in [0.25, 0.3) is 22.4 Å². The smallest absolute Gasteiger partial charge is 0.381 e. The fourth-order valence-corrected chi connectivity index (χ4v) is 5.44. The second kappa shape index (κ2) is 8.98. The molecule has 12 heteroatoms. The van der Waals surface area contributed by atoms with Crippen LogP contribution < -0.4 is 4.72 Å². The Hall–Kier alpha value is -3.01. The van der Waals surface area contributed by atoms with Gasteiger partial charge in [-0.05, 0) is 50.5 Å². The van der Waals surface area contributed by atoms with Crippen molar-refractivity contribution < 1.29 is 26.3 Å². The van der Waals surface area contributed by atoms with E-state index >= 15 is 0 Å². The van der Waals surface area contributed by atoms with Gasteiger partial charge in [-0.3, -0.25) is 4.98 Å². The molecule has 1 N–H and O–H groups in total. The zero-order valence-corrected chi connectivity index (χ0v) is 19.2. The average molecular weight is 494 g/mol. The number of sulfonamides is 1. The predicted molar refractivity (Wildman–Crippen MR) is 117 cm³/mol. The van der Waals surface area contributed by atoms with Crippen molar-refractivity contribution in [3.8, 4) is 17.5 Å². The Bertz CT molecular complexity index is 1350. The molecular weight excluding hydrogens is 471 g/mol. The number of nitrogens with zero attached hydrogens (tertiary/aromatic N) is 4. The molecule has 3 heterocycles. The summed E-state index contributed by atoms with van der Waals surface area (Å²) in [5.41, 5.74) is 1.75. The monoisotopic (exact) mass is 493 g/mol. The first kappa shape index (κ1) is 24.1. The number of pyridine rings is 2. The summed E-state index contributed by atoms with van der Waals surface area (Å²) in [6, 6.07) is 6.01. The van der Waals surface area contributed by atoms with Crippen molar-refractivity contribution in [2.45, 2.75) is 55.4 Å². The Morgan fingerprint density at radius 3 is 2.62 bits per heavy atom. The van der Waals surface area contributed by atoms with Crippen molar-refractivity contribution in [1.82, 2.24) is 19.3 Å². The fourth-order valence-electron chi connectivity index (χ4n) is 4.27. The Labute approximate surface area is 194 Å². The van der Waals surface area contributed by atoms with E-state index in [1.165, 1.54) is 12.1 Å². The molecule has 3 atom stereocenters. The van der Waals surface area contributed by atoms with Crippen LogP contribution in [0.5, 0.6) is 0 Å². The molecule has 2 unspecified atom stereocenters. The molecule has 0 spiro atoms. The molecule has 8 nitrogen and oxygen atoms in total. The van der Waals surface area contributed by atoms with Gasteiger partial charge in [0, 0.05) is 30.9 Å². The number of nitrogens with one attached hydrogen (secondary N) is 1. The summed E-state index contributed by atoms with van der Waals surface area (Å²) in [6.45, 7) is 0.721. The molecule has 0 aromatic carbocycles. The second-order valence-electron chi connectivity index (χ2n) is 8.17. The van der Waals surface area contributed by atoms with E-state index in [9.17, 15) is 26.9 Å². The summed E-state index contributed by atoms with van der Waals surface area (Å²) < 4.78 is 72.3. The van der Waals surface area contributed by atoms with E-state index in [2.05, 4.69) is 16.0 Å². The van der Waals surface area contributed by atoms with Gasteiger partial charge in [-0.1, -0.05) is 0 Å². The van der Waals surface area contributed by atoms with Gasteiger partial charge in [-0.25, -0.2) is 13.4 Å². The van der Waals surface area contributed by atoms with Crippen LogP contribution in [0.4, 0.5) is 13.2 Å². The molecule has 1 aliphatic carbocycles. The second-order valence-corrected chi connectivity index (χ2v) is 9.88. The zero-order chi connectivity index (χ0) is 24.7. The van der Waals surface area contributed by atoms with Gasteiger partial charge in [-0.15, -0.1) is 0 Å². The summed E-state index contributed by atoms with van der Waals surface area (Å²) in [6.07, 6.45) is 0.294. The van der Waals surface area contributed by atoms with Crippen LogP contribution >= 0.6 is 0 Å². The summed E-state index contributed by atoms with van der Waals surface area (Å²) in [5, 5.41) is 10.6. The van der Waals surface area contributed by atoms with Gasteiger partial charge in [0.25, 0.3) is 0 Å². The lowest BCUT2D eigenvalue weighted by Gasteiger charge is -2.18. The minimum absolute atomic E-state index is 0.0149. The van der Waals surface area contributed by atoms with Gasteiger partial charge in [0.15, 0.2) is 0 Å². The summed E-state index contributed by atoms with van der Waals surface area (Å²) >= 11 is 0. The average Bonchev–Trinajstić information content (AvgIpc) is 3.40. The summed E-state index contributed by atoms with van der Waals surface area (Å²) in [4.78, 5) is 8.29. The number of rotatable bonds is 6. The lowest BCUT2D eigenvalue weighted by atomic mass is 10.1. The molecule has 0 amide bonds. The minimum atomic E-state index is -4.72. The predicted octanol–water partition coefficient (Wildman–Crippen LogP) is 3.94. The van der Waals surface area contributed by atoms with Gasteiger partial charge < -0.3 is 9.30 Å². The van der Waals surface area contributed by atoms with Gasteiger partial charge in [0.05, 0.1) is 23.1 Å². The number of hydrogen-bond donors (Lipinski definition) is 1. The molecule has 4 rings (SSSR count). The van der Waals surface area contributed by atoms with E-state index in [1.807, 2.05) is 4.57 Å². The number of hydrogen-bond acceptors (Lipinski definition) is 6. The number of methoxy groups -OCH3 is 1. The topological polar surface area (TPSA) is 110 Å². The summed E-state index contributed by atoms with van der Waals surface area (Å²) in [7, 11) is -2.80. The molecule has 0 bridgehead atoms. The number of alkyl halides is 3. The quantitative estimate of drug-likeness (QED) is 0.557. The molecule has 180 valence electrons. The van der Waals surface area contributed by atoms with Crippen molar-refractivity contribution in [3.63, 3.8) is 0 Å². The highest BCUT2D eigenvalue weighted by molar-refractivity contribution is 7.89. The van der Waals surface area contributed by atoms with Gasteiger partial charge in [0.1, 0.15) is 22.7 Å². The van der Waals surface area contributed by atoms with Crippen LogP contribution in [0.15, 0.2) is 41.6 Å². The number of aromatic nitrogens is 3. The third-order valence-electron chi connectivity index (χ3n) is 6.04. The van der Waals surface area contributed by atoms with E-state index < -0.39 is 27.1 Å². The van der Waals surface area contributed by atoms with E-state index in [0.29, 0.717) is 34.4 Å². The van der Waals surface area contributed by atoms with E-state index in [4.69, 9.17) is 4.74 Å². The maximum atomic E-state index is 12.8. The largest absolute Gasteiger partial charge is 0.404 e. The molecule has 0 aliphatic heterocycles. The molecular formula is C22H22F3N5O3S. The molecule has 1 fully saturated rings. The van der Waals surface area contributed by atoms with Crippen molar-refractivity contribution in [3.05, 3.63) is 42.2 Å². The van der Waals surface area contributed by atoms with Crippen molar-refractivity contribution in [2.75, 3.05) is 7.11 Å². The maximum Gasteiger partial charge on any atom is 0.404 e. The van der Waals surface area contributed by atoms with Crippen LogP contribution in [0.1, 0.15) is 37.8 Å². The first-order chi connectivity index (χ1) is 16.1. The van der Waals surface area contributed by atoms with Gasteiger partial charge >= 0.3 is 6.18 Å². The standard InChI is InChI=1S/C22H22F3N5O3S/c1-13(22(23,24)25)29-34(31,32)16-7-8-19(28-12-16)20-18(11-26)17-4-3-9-27-21(17)30(20)14-5-6-15(10-14)33-2/h3-4,7-9,12-15,29H,5-6,10H2,1-2H3/t13-,14?,15?/m0/s1. The number of fused-ring (bicyclic) bond motifs is 1. The normalized spacial score (nSPS) is 19.9. The van der Waals surface area contributed by atoms with Crippen LogP contribution in [-0.2, 0) is 14.8 Å². The van der Waals surface area contributed by atoms with Crippen molar-refractivity contribution >= 4 is 21.1 Å². The molecule has 1 aliphatic rings. The Morgan fingerprint density at radius 1 is 1.26 bits per heavy atom. The third kappa shape index (κ3) is 4.38. The third-order valence-corrected chi connectivity index (χ3v) is 7.57. The number of ether oxygens (including phenoxy) is 1. The number of halogens is 3. The Morgan fingerprint density at radius 2 is 2.03 bits per heavy atom. The van der Waals surface area contributed by atoms with Crippen LogP contribution in [-0.4, -0.2) is 48.4 Å². The lowest BCUT2D eigenvalue weighted by Crippen LogP contribution is -2.42. The highest BCUT2D eigenvalue weighted by Gasteiger charge is 2.39. The van der Waals surface area contributed by atoms with Crippen LogP contribution in [0.3, 0.4) is 0 Å². The summed E-state index contributed by atoms with van der Waals surface area (Å²) in [5.74, 6) is 0. The molecule has 1 saturated carbocycles. The lowest BCUT2D eigenvalue weighted by molar-refractivity contribution is -0.147. The van der Waals surface area contributed by atoms with Crippen molar-refractivity contribution in [1.29, 1.82) is 5.26 Å². The molecule has 3 aromatic heterocycles. The number of nitriles is 1. The Kier molecular flexibility index (Phi) is 6.37. The minimum Gasteiger partial charge on any atom is -0.381 e. The fraction of sp³-hybridized carbons (Fsp3) is 0.409. The van der Waals surface area contributed by atoms with Gasteiger partial charge in [-0.2, -0.15) is 23.2 Å². The van der Waals surface area contributed by atoms with Crippen LogP contribution in [0, 0.1) is 11.3 Å². The van der Waals surface area contributed by atoms with Crippen molar-refractivity contribution in [2.24, 2.45) is 0 Å². The molecule has 0 saturated heterocycles. The first-order valence-corrected chi connectivity index (χ1v) is 12.0. The zero-order valence-electron chi connectivity index (χ0n) is 18.4. The molecule has 34 heavy (non-hydrogen) atoms. The first-order valence-electron chi connectivity index (χ1n) is 10.5. The SMILES string of the molecule is COC1CCC(n2c(-c3ccc(S(=O)(=O)N[C@@H](C)C(F)(F)F)cn3)c(C#N)c3cccnc32)C1. The maximum absolute atomic E-state index is 12.8. The van der Waals surface area contributed by atoms with E-state index in [-0.39, 0.29) is 12.1 Å². The molecule has 0 radical (unpaired) electrons. The highest BCUT2D eigenvalue weighted by Crippen LogP contribution is 2.40. The highest BCUT2D eigenvalue weighted by atomic mass is 32.2. The van der Waals surface area contributed by atoms with Gasteiger partial charge in [0.2, 0.25) is 10.0 Å². The molecule has 3 aromatic rings. The Balaban J connectivity index is 1.79. The van der Waals surface area contributed by atoms with E-state index in [1.54, 1.807) is 30.2 Å². The van der Waals surface area contributed by atoms with E-state index in [0.717, 1.165) is 26.0 Å². The van der Waals surface area contributed by atoms with Crippen LogP contribution in [0.2, 0.25) is 0 Å².